The molecule has 1 aromatic rings. The molecule has 1 aromatic carbocycles. The van der Waals surface area contributed by atoms with Gasteiger partial charge in [-0.05, 0) is 44.6 Å². The second-order valence-electron chi connectivity index (χ2n) is 7.02. The molecule has 1 amide bonds. The Labute approximate surface area is 160 Å². The van der Waals surface area contributed by atoms with Gasteiger partial charge in [0.05, 0.1) is 18.5 Å². The molecule has 0 aromatic heterocycles. The predicted molar refractivity (Wildman–Crippen MR) is 102 cm³/mol. The lowest BCUT2D eigenvalue weighted by Gasteiger charge is -2.29. The van der Waals surface area contributed by atoms with Gasteiger partial charge in [-0.3, -0.25) is 19.4 Å². The molecule has 1 saturated heterocycles. The topological polar surface area (TPSA) is 72.9 Å². The molecule has 0 spiro atoms. The first kappa shape index (κ1) is 20.7. The van der Waals surface area contributed by atoms with Crippen LogP contribution in [0.15, 0.2) is 24.3 Å². The maximum absolute atomic E-state index is 12.3. The normalized spacial score (nSPS) is 17.2. The fourth-order valence-corrected chi connectivity index (χ4v) is 3.62. The average Bonchev–Trinajstić information content (AvgIpc) is 3.10. The smallest absolute Gasteiger partial charge is 0.307 e. The van der Waals surface area contributed by atoms with Gasteiger partial charge in [-0.2, -0.15) is 0 Å². The van der Waals surface area contributed by atoms with E-state index in [1.807, 2.05) is 24.3 Å². The molecule has 7 heteroatoms. The molecule has 2 unspecified atom stereocenters. The standard InChI is InChI=1S/C19H28ClN3O3/c1-14(19(25)26)12-22(2)13-18(24)21-11-17(23-9-5-6-10-23)15-7-3-4-8-16(15)20/h3-4,7-8,14,17H,5-6,9-13H2,1-2H3,(H,21,24)(H,25,26). The number of hydrogen-bond acceptors (Lipinski definition) is 4. The first-order valence-electron chi connectivity index (χ1n) is 9.05. The van der Waals surface area contributed by atoms with E-state index in [2.05, 4.69) is 10.2 Å². The van der Waals surface area contributed by atoms with Gasteiger partial charge in [0.15, 0.2) is 0 Å². The number of halogens is 1. The Hall–Kier alpha value is -1.63. The Bertz CT molecular complexity index is 620. The van der Waals surface area contributed by atoms with Gasteiger partial charge in [0.1, 0.15) is 0 Å². The molecule has 144 valence electrons. The van der Waals surface area contributed by atoms with Crippen LogP contribution in [0.5, 0.6) is 0 Å². The van der Waals surface area contributed by atoms with E-state index in [1.54, 1.807) is 18.9 Å². The summed E-state index contributed by atoms with van der Waals surface area (Å²) in [4.78, 5) is 27.3. The number of rotatable bonds is 9. The highest BCUT2D eigenvalue weighted by atomic mass is 35.5. The van der Waals surface area contributed by atoms with Gasteiger partial charge < -0.3 is 10.4 Å². The van der Waals surface area contributed by atoms with E-state index < -0.39 is 11.9 Å². The molecule has 0 bridgehead atoms. The first-order chi connectivity index (χ1) is 12.4. The highest BCUT2D eigenvalue weighted by molar-refractivity contribution is 6.31. The maximum atomic E-state index is 12.3. The van der Waals surface area contributed by atoms with Crippen LogP contribution < -0.4 is 5.32 Å². The molecule has 1 aliphatic heterocycles. The number of aliphatic carboxylic acids is 1. The number of benzene rings is 1. The number of nitrogens with zero attached hydrogens (tertiary/aromatic N) is 2. The lowest BCUT2D eigenvalue weighted by atomic mass is 10.1. The molecule has 6 nitrogen and oxygen atoms in total. The predicted octanol–water partition coefficient (Wildman–Crippen LogP) is 2.25. The SMILES string of the molecule is CC(CN(C)CC(=O)NCC(c1ccccc1Cl)N1CCCC1)C(=O)O. The van der Waals surface area contributed by atoms with E-state index in [9.17, 15) is 9.59 Å². The number of likely N-dealkylation sites (tertiary alicyclic amines) is 1. The number of carboxylic acids is 1. The van der Waals surface area contributed by atoms with Gasteiger partial charge in [0, 0.05) is 18.1 Å². The van der Waals surface area contributed by atoms with Crippen molar-refractivity contribution in [1.82, 2.24) is 15.1 Å². The lowest BCUT2D eigenvalue weighted by Crippen LogP contribution is -2.42. The molecule has 1 aliphatic rings. The third-order valence-corrected chi connectivity index (χ3v) is 5.10. The highest BCUT2D eigenvalue weighted by Crippen LogP contribution is 2.29. The summed E-state index contributed by atoms with van der Waals surface area (Å²) in [5.41, 5.74) is 1.03. The quantitative estimate of drug-likeness (QED) is 0.686. The van der Waals surface area contributed by atoms with Crippen LogP contribution in [0.3, 0.4) is 0 Å². The van der Waals surface area contributed by atoms with Gasteiger partial charge in [-0.25, -0.2) is 0 Å². The number of carboxylic acid groups (broad SMARTS) is 1. The van der Waals surface area contributed by atoms with Gasteiger partial charge >= 0.3 is 5.97 Å². The van der Waals surface area contributed by atoms with Crippen molar-refractivity contribution >= 4 is 23.5 Å². The zero-order chi connectivity index (χ0) is 19.1. The van der Waals surface area contributed by atoms with E-state index in [1.165, 1.54) is 0 Å². The average molecular weight is 382 g/mol. The van der Waals surface area contributed by atoms with Crippen molar-refractivity contribution in [3.8, 4) is 0 Å². The Kier molecular flexibility index (Phi) is 7.87. The van der Waals surface area contributed by atoms with Crippen molar-refractivity contribution in [3.63, 3.8) is 0 Å². The monoisotopic (exact) mass is 381 g/mol. The zero-order valence-corrected chi connectivity index (χ0v) is 16.2. The summed E-state index contributed by atoms with van der Waals surface area (Å²) in [5, 5.41) is 12.7. The summed E-state index contributed by atoms with van der Waals surface area (Å²) in [7, 11) is 1.75. The number of carbonyl (C=O) groups excluding carboxylic acids is 1. The molecule has 2 atom stereocenters. The Morgan fingerprint density at radius 2 is 1.96 bits per heavy atom. The Morgan fingerprint density at radius 3 is 2.58 bits per heavy atom. The van der Waals surface area contributed by atoms with E-state index in [0.717, 1.165) is 31.5 Å². The molecule has 2 rings (SSSR count). The first-order valence-corrected chi connectivity index (χ1v) is 9.42. The highest BCUT2D eigenvalue weighted by Gasteiger charge is 2.25. The van der Waals surface area contributed by atoms with Gasteiger partial charge in [0.25, 0.3) is 0 Å². The second-order valence-corrected chi connectivity index (χ2v) is 7.43. The minimum atomic E-state index is -0.856. The molecule has 1 heterocycles. The van der Waals surface area contributed by atoms with Gasteiger partial charge in [0.2, 0.25) is 5.91 Å². The molecular weight excluding hydrogens is 354 g/mol. The molecule has 0 saturated carbocycles. The van der Waals surface area contributed by atoms with Crippen molar-refractivity contribution in [2.75, 3.05) is 39.8 Å². The van der Waals surface area contributed by atoms with Crippen LogP contribution in [0, 0.1) is 5.92 Å². The maximum Gasteiger partial charge on any atom is 0.307 e. The summed E-state index contributed by atoms with van der Waals surface area (Å²) >= 11 is 6.38. The van der Waals surface area contributed by atoms with Crippen molar-refractivity contribution in [2.45, 2.75) is 25.8 Å². The molecule has 1 fully saturated rings. The van der Waals surface area contributed by atoms with Crippen molar-refractivity contribution in [3.05, 3.63) is 34.9 Å². The molecule has 2 N–H and O–H groups in total. The van der Waals surface area contributed by atoms with Crippen LogP contribution in [0.1, 0.15) is 31.4 Å². The molecule has 0 radical (unpaired) electrons. The van der Waals surface area contributed by atoms with Crippen molar-refractivity contribution < 1.29 is 14.7 Å². The van der Waals surface area contributed by atoms with E-state index in [-0.39, 0.29) is 18.5 Å². The summed E-state index contributed by atoms with van der Waals surface area (Å²) < 4.78 is 0. The third-order valence-electron chi connectivity index (χ3n) is 4.76. The van der Waals surface area contributed by atoms with E-state index in [0.29, 0.717) is 18.1 Å². The number of hydrogen-bond donors (Lipinski definition) is 2. The fourth-order valence-electron chi connectivity index (χ4n) is 3.36. The minimum Gasteiger partial charge on any atom is -0.481 e. The van der Waals surface area contributed by atoms with Crippen LogP contribution in [0.2, 0.25) is 5.02 Å². The third kappa shape index (κ3) is 5.97. The number of likely N-dealkylation sites (N-methyl/N-ethyl adjacent to an activating group) is 1. The van der Waals surface area contributed by atoms with E-state index >= 15 is 0 Å². The van der Waals surface area contributed by atoms with Crippen LogP contribution in [-0.2, 0) is 9.59 Å². The Balaban J connectivity index is 1.93. The summed E-state index contributed by atoms with van der Waals surface area (Å²) in [5.74, 6) is -1.47. The van der Waals surface area contributed by atoms with Gasteiger partial charge in [-0.15, -0.1) is 0 Å². The largest absolute Gasteiger partial charge is 0.481 e. The number of amides is 1. The number of carbonyl (C=O) groups is 2. The van der Waals surface area contributed by atoms with Crippen LogP contribution in [-0.4, -0.2) is 66.6 Å². The van der Waals surface area contributed by atoms with Gasteiger partial charge in [-0.1, -0.05) is 36.7 Å². The second kappa shape index (κ2) is 9.90. The Morgan fingerprint density at radius 1 is 1.31 bits per heavy atom. The van der Waals surface area contributed by atoms with Crippen molar-refractivity contribution in [2.24, 2.45) is 5.92 Å². The molecular formula is C19H28ClN3O3. The zero-order valence-electron chi connectivity index (χ0n) is 15.4. The summed E-state index contributed by atoms with van der Waals surface area (Å²) in [6, 6.07) is 7.82. The minimum absolute atomic E-state index is 0.0541. The lowest BCUT2D eigenvalue weighted by molar-refractivity contribution is -0.142. The molecule has 0 aliphatic carbocycles. The van der Waals surface area contributed by atoms with Crippen LogP contribution in [0.4, 0.5) is 0 Å². The summed E-state index contributed by atoms with van der Waals surface area (Å²) in [6.07, 6.45) is 2.31. The number of nitrogens with one attached hydrogen (secondary N) is 1. The molecule has 26 heavy (non-hydrogen) atoms. The fraction of sp³-hybridized carbons (Fsp3) is 0.579. The van der Waals surface area contributed by atoms with Crippen molar-refractivity contribution in [1.29, 1.82) is 0 Å². The van der Waals surface area contributed by atoms with E-state index in [4.69, 9.17) is 16.7 Å². The summed E-state index contributed by atoms with van der Waals surface area (Å²) in [6.45, 7) is 4.64. The van der Waals surface area contributed by atoms with Crippen LogP contribution >= 0.6 is 11.6 Å². The van der Waals surface area contributed by atoms with Crippen LogP contribution in [0.25, 0.3) is 0 Å².